The summed E-state index contributed by atoms with van der Waals surface area (Å²) in [7, 11) is 0. The van der Waals surface area contributed by atoms with Gasteiger partial charge in [0.1, 0.15) is 11.9 Å². The van der Waals surface area contributed by atoms with Crippen LogP contribution in [0.2, 0.25) is 0 Å². The average molecular weight is 447 g/mol. The molecule has 2 aliphatic heterocycles. The smallest absolute Gasteiger partial charge is 0.253 e. The summed E-state index contributed by atoms with van der Waals surface area (Å²) in [6.45, 7) is 8.36. The van der Waals surface area contributed by atoms with Crippen molar-refractivity contribution in [3.05, 3.63) is 42.0 Å². The van der Waals surface area contributed by atoms with E-state index in [1.54, 1.807) is 0 Å². The van der Waals surface area contributed by atoms with E-state index in [2.05, 4.69) is 30.9 Å². The summed E-state index contributed by atoms with van der Waals surface area (Å²) in [4.78, 5) is 17.3. The molecule has 0 saturated carbocycles. The minimum atomic E-state index is 0. The van der Waals surface area contributed by atoms with E-state index in [0.717, 1.165) is 73.9 Å². The Bertz CT molecular complexity index is 872. The molecule has 2 aromatic carbocycles. The van der Waals surface area contributed by atoms with Crippen LogP contribution in [0.25, 0.3) is 10.8 Å². The molecule has 6 heteroatoms. The van der Waals surface area contributed by atoms with Gasteiger partial charge in [0.2, 0.25) is 0 Å². The van der Waals surface area contributed by atoms with Gasteiger partial charge >= 0.3 is 0 Å². The van der Waals surface area contributed by atoms with Crippen LogP contribution in [-0.4, -0.2) is 65.7 Å². The molecular weight excluding hydrogens is 412 g/mol. The zero-order chi connectivity index (χ0) is 21.1. The minimum Gasteiger partial charge on any atom is -0.490 e. The van der Waals surface area contributed by atoms with Crippen molar-refractivity contribution in [3.63, 3.8) is 0 Å². The molecule has 0 spiro atoms. The highest BCUT2D eigenvalue weighted by Crippen LogP contribution is 2.26. The molecule has 1 N–H and O–H groups in total. The Balaban J connectivity index is 0.00000272. The molecule has 0 aliphatic carbocycles. The van der Waals surface area contributed by atoms with Crippen molar-refractivity contribution >= 4 is 29.1 Å². The number of benzene rings is 2. The zero-order valence-corrected chi connectivity index (χ0v) is 19.4. The second-order valence-electron chi connectivity index (χ2n) is 9.09. The number of rotatable bonds is 5. The highest BCUT2D eigenvalue weighted by atomic mass is 35.5. The van der Waals surface area contributed by atoms with Crippen molar-refractivity contribution in [2.24, 2.45) is 5.92 Å². The van der Waals surface area contributed by atoms with Crippen molar-refractivity contribution in [2.75, 3.05) is 32.8 Å². The van der Waals surface area contributed by atoms with Crippen LogP contribution >= 0.6 is 12.4 Å². The first-order valence-electron chi connectivity index (χ1n) is 11.4. The topological polar surface area (TPSA) is 53.0 Å². The van der Waals surface area contributed by atoms with E-state index in [4.69, 9.17) is 4.74 Å². The normalized spacial score (nSPS) is 18.9. The van der Waals surface area contributed by atoms with Crippen molar-refractivity contribution in [1.29, 1.82) is 0 Å². The number of nitrogens with zero attached hydrogens (tertiary/aromatic N) is 2. The van der Waals surface area contributed by atoms with Crippen molar-refractivity contribution in [2.45, 2.75) is 51.7 Å². The van der Waals surface area contributed by atoms with Gasteiger partial charge in [-0.1, -0.05) is 12.1 Å². The molecule has 5 nitrogen and oxygen atoms in total. The number of halogens is 1. The lowest BCUT2D eigenvalue weighted by atomic mass is 9.97. The number of hydrogen-bond acceptors (Lipinski definition) is 4. The van der Waals surface area contributed by atoms with Crippen LogP contribution in [0.5, 0.6) is 5.75 Å². The molecule has 2 aromatic rings. The molecule has 2 fully saturated rings. The molecule has 4 rings (SSSR count). The number of carbonyl (C=O) groups is 1. The van der Waals surface area contributed by atoms with Gasteiger partial charge in [-0.15, -0.1) is 12.4 Å². The summed E-state index contributed by atoms with van der Waals surface area (Å²) in [5.74, 6) is 1.34. The number of ether oxygens (including phenoxy) is 1. The Hall–Kier alpha value is -1.82. The van der Waals surface area contributed by atoms with E-state index in [1.807, 2.05) is 29.2 Å². The van der Waals surface area contributed by atoms with Gasteiger partial charge in [-0.3, -0.25) is 4.79 Å². The van der Waals surface area contributed by atoms with Gasteiger partial charge in [0.25, 0.3) is 5.91 Å². The van der Waals surface area contributed by atoms with Gasteiger partial charge in [0.05, 0.1) is 0 Å². The van der Waals surface area contributed by atoms with Gasteiger partial charge in [-0.05, 0) is 80.5 Å². The number of piperidine rings is 2. The Kier molecular flexibility index (Phi) is 8.20. The van der Waals surface area contributed by atoms with Crippen LogP contribution in [0.3, 0.4) is 0 Å². The molecule has 2 aliphatic rings. The van der Waals surface area contributed by atoms with Gasteiger partial charge in [0, 0.05) is 44.4 Å². The highest BCUT2D eigenvalue weighted by molar-refractivity contribution is 5.98. The molecule has 31 heavy (non-hydrogen) atoms. The summed E-state index contributed by atoms with van der Waals surface area (Å²) in [6, 6.07) is 12.7. The number of fused-ring (bicyclic) bond motifs is 1. The van der Waals surface area contributed by atoms with Crippen LogP contribution in [0.15, 0.2) is 36.4 Å². The Morgan fingerprint density at radius 2 is 1.65 bits per heavy atom. The van der Waals surface area contributed by atoms with Gasteiger partial charge in [0.15, 0.2) is 0 Å². The Labute approximate surface area is 191 Å². The molecule has 0 radical (unpaired) electrons. The number of amides is 1. The fourth-order valence-corrected chi connectivity index (χ4v) is 4.63. The lowest BCUT2D eigenvalue weighted by molar-refractivity contribution is 0.0651. The standard InChI is InChI=1S/C25H34N2O3.ClH/c1-18(2)26-13-9-23(10-14-26)30-24-6-5-20-15-22(4-3-21(20)16-24)25(29)27-11-7-19(17-28)8-12-27;/h3-6,15-16,18-19,23,28H,7-14,17H2,1-2H3;1H. The van der Waals surface area contributed by atoms with Crippen LogP contribution < -0.4 is 4.74 Å². The van der Waals surface area contributed by atoms with E-state index in [0.29, 0.717) is 12.0 Å². The fraction of sp³-hybridized carbons (Fsp3) is 0.560. The molecular formula is C25H35ClN2O3. The predicted molar refractivity (Wildman–Crippen MR) is 127 cm³/mol. The number of aliphatic hydroxyl groups is 1. The maximum absolute atomic E-state index is 12.9. The average Bonchev–Trinajstić information content (AvgIpc) is 2.78. The van der Waals surface area contributed by atoms with Gasteiger partial charge in [-0.25, -0.2) is 0 Å². The Morgan fingerprint density at radius 1 is 1.00 bits per heavy atom. The SMILES string of the molecule is CC(C)N1CCC(Oc2ccc3cc(C(=O)N4CCC(CO)CC4)ccc3c2)CC1.Cl. The first-order chi connectivity index (χ1) is 14.5. The highest BCUT2D eigenvalue weighted by Gasteiger charge is 2.24. The molecule has 170 valence electrons. The molecule has 0 bridgehead atoms. The fourth-order valence-electron chi connectivity index (χ4n) is 4.63. The number of hydrogen-bond donors (Lipinski definition) is 1. The van der Waals surface area contributed by atoms with Crippen molar-refractivity contribution in [1.82, 2.24) is 9.80 Å². The summed E-state index contributed by atoms with van der Waals surface area (Å²) in [6.07, 6.45) is 4.17. The lowest BCUT2D eigenvalue weighted by Crippen LogP contribution is -2.41. The summed E-state index contributed by atoms with van der Waals surface area (Å²) in [5, 5.41) is 11.5. The number of carbonyl (C=O) groups excluding carboxylic acids is 1. The number of likely N-dealkylation sites (tertiary alicyclic amines) is 2. The van der Waals surface area contributed by atoms with E-state index < -0.39 is 0 Å². The summed E-state index contributed by atoms with van der Waals surface area (Å²) in [5.41, 5.74) is 0.736. The van der Waals surface area contributed by atoms with E-state index in [-0.39, 0.29) is 31.0 Å². The monoisotopic (exact) mass is 446 g/mol. The minimum absolute atomic E-state index is 0. The lowest BCUT2D eigenvalue weighted by Gasteiger charge is -2.34. The van der Waals surface area contributed by atoms with E-state index in [9.17, 15) is 9.90 Å². The summed E-state index contributed by atoms with van der Waals surface area (Å²) < 4.78 is 6.26. The first-order valence-corrected chi connectivity index (χ1v) is 11.4. The first kappa shape index (κ1) is 23.8. The molecule has 0 unspecified atom stereocenters. The quantitative estimate of drug-likeness (QED) is 0.741. The van der Waals surface area contributed by atoms with Crippen molar-refractivity contribution in [3.8, 4) is 5.75 Å². The van der Waals surface area contributed by atoms with E-state index in [1.165, 1.54) is 0 Å². The van der Waals surface area contributed by atoms with Crippen LogP contribution in [-0.2, 0) is 0 Å². The molecule has 0 aromatic heterocycles. The van der Waals surface area contributed by atoms with Crippen LogP contribution in [0.4, 0.5) is 0 Å². The molecule has 1 amide bonds. The van der Waals surface area contributed by atoms with Crippen LogP contribution in [0, 0.1) is 5.92 Å². The third-order valence-electron chi connectivity index (χ3n) is 6.73. The molecule has 2 saturated heterocycles. The second kappa shape index (κ2) is 10.7. The molecule has 0 atom stereocenters. The number of aliphatic hydroxyl groups excluding tert-OH is 1. The maximum Gasteiger partial charge on any atom is 0.253 e. The third kappa shape index (κ3) is 5.71. The zero-order valence-electron chi connectivity index (χ0n) is 18.6. The largest absolute Gasteiger partial charge is 0.490 e. The van der Waals surface area contributed by atoms with Crippen molar-refractivity contribution < 1.29 is 14.6 Å². The second-order valence-corrected chi connectivity index (χ2v) is 9.09. The molecule has 2 heterocycles. The summed E-state index contributed by atoms with van der Waals surface area (Å²) >= 11 is 0. The maximum atomic E-state index is 12.9. The van der Waals surface area contributed by atoms with Gasteiger partial charge in [-0.2, -0.15) is 0 Å². The van der Waals surface area contributed by atoms with Crippen LogP contribution in [0.1, 0.15) is 49.9 Å². The Morgan fingerprint density at radius 3 is 2.29 bits per heavy atom. The predicted octanol–water partition coefficient (Wildman–Crippen LogP) is 4.36. The van der Waals surface area contributed by atoms with Gasteiger partial charge < -0.3 is 19.6 Å². The third-order valence-corrected chi connectivity index (χ3v) is 6.73. The van der Waals surface area contributed by atoms with E-state index >= 15 is 0 Å².